The van der Waals surface area contributed by atoms with Gasteiger partial charge in [-0.25, -0.2) is 4.79 Å². The number of aromatic nitrogens is 2. The molecule has 0 saturated carbocycles. The number of hydrogen-bond donors (Lipinski definition) is 1. The number of ether oxygens (including phenoxy) is 1. The Hall–Kier alpha value is -3.68. The molecule has 0 aliphatic heterocycles. The van der Waals surface area contributed by atoms with Gasteiger partial charge in [-0.1, -0.05) is 30.3 Å². The lowest BCUT2D eigenvalue weighted by atomic mass is 10.1. The molecule has 8 nitrogen and oxygen atoms in total. The van der Waals surface area contributed by atoms with Crippen molar-refractivity contribution in [2.24, 2.45) is 0 Å². The first-order valence-corrected chi connectivity index (χ1v) is 9.11. The van der Waals surface area contributed by atoms with Crippen molar-refractivity contribution in [3.05, 3.63) is 80.5 Å². The van der Waals surface area contributed by atoms with Crippen molar-refractivity contribution >= 4 is 22.8 Å². The summed E-state index contributed by atoms with van der Waals surface area (Å²) >= 11 is 0. The number of nitrogens with one attached hydrogen (secondary N) is 1. The first kappa shape index (κ1) is 20.1. The molecule has 0 bridgehead atoms. The quantitative estimate of drug-likeness (QED) is 0.638. The summed E-state index contributed by atoms with van der Waals surface area (Å²) in [4.78, 5) is 53.4. The van der Waals surface area contributed by atoms with Crippen LogP contribution >= 0.6 is 0 Å². The Balaban J connectivity index is 2.00. The summed E-state index contributed by atoms with van der Waals surface area (Å²) in [5.74, 6) is -0.962. The SMILES string of the molecule is CCn1c(=O)[nH]c2cc(C(=O)N(CC(=O)OC)Cc3ccccc3)ccc2c1=O. The van der Waals surface area contributed by atoms with Crippen LogP contribution in [0.2, 0.25) is 0 Å². The number of esters is 1. The monoisotopic (exact) mass is 395 g/mol. The predicted molar refractivity (Wildman–Crippen MR) is 108 cm³/mol. The number of hydrogen-bond acceptors (Lipinski definition) is 5. The van der Waals surface area contributed by atoms with Crippen LogP contribution in [0.5, 0.6) is 0 Å². The normalized spacial score (nSPS) is 10.7. The molecule has 0 unspecified atom stereocenters. The minimum atomic E-state index is -0.547. The van der Waals surface area contributed by atoms with E-state index in [-0.39, 0.29) is 30.7 Å². The maximum atomic E-state index is 13.1. The highest BCUT2D eigenvalue weighted by Crippen LogP contribution is 2.14. The lowest BCUT2D eigenvalue weighted by Crippen LogP contribution is -2.36. The van der Waals surface area contributed by atoms with Gasteiger partial charge >= 0.3 is 11.7 Å². The van der Waals surface area contributed by atoms with Gasteiger partial charge in [-0.05, 0) is 30.7 Å². The van der Waals surface area contributed by atoms with E-state index in [0.717, 1.165) is 10.1 Å². The number of carbonyl (C=O) groups excluding carboxylic acids is 2. The molecule has 0 radical (unpaired) electrons. The molecule has 0 atom stereocenters. The maximum absolute atomic E-state index is 13.1. The van der Waals surface area contributed by atoms with Gasteiger partial charge in [0.25, 0.3) is 11.5 Å². The zero-order valence-corrected chi connectivity index (χ0v) is 16.2. The van der Waals surface area contributed by atoms with E-state index >= 15 is 0 Å². The second kappa shape index (κ2) is 8.55. The van der Waals surface area contributed by atoms with Crippen molar-refractivity contribution < 1.29 is 14.3 Å². The summed E-state index contributed by atoms with van der Waals surface area (Å²) in [6, 6.07) is 13.7. The molecule has 0 fully saturated rings. The summed E-state index contributed by atoms with van der Waals surface area (Å²) in [5.41, 5.74) is 0.422. The van der Waals surface area contributed by atoms with Crippen LogP contribution in [0.15, 0.2) is 58.1 Å². The topological polar surface area (TPSA) is 101 Å². The summed E-state index contributed by atoms with van der Waals surface area (Å²) < 4.78 is 5.79. The molecule has 1 amide bonds. The minimum Gasteiger partial charge on any atom is -0.468 e. The van der Waals surface area contributed by atoms with Crippen LogP contribution in [0, 0.1) is 0 Å². The Morgan fingerprint density at radius 3 is 2.48 bits per heavy atom. The van der Waals surface area contributed by atoms with Crippen molar-refractivity contribution in [3.8, 4) is 0 Å². The number of aromatic amines is 1. The highest BCUT2D eigenvalue weighted by atomic mass is 16.5. The van der Waals surface area contributed by atoms with E-state index in [1.165, 1.54) is 30.2 Å². The van der Waals surface area contributed by atoms with Crippen LogP contribution in [0.3, 0.4) is 0 Å². The standard InChI is InChI=1S/C21H21N3O5/c1-3-24-20(27)16-10-9-15(11-17(16)22-21(24)28)19(26)23(13-18(25)29-2)12-14-7-5-4-6-8-14/h4-11H,3,12-13H2,1-2H3,(H,22,28). The Labute approximate surface area is 166 Å². The average Bonchev–Trinajstić information content (AvgIpc) is 2.73. The van der Waals surface area contributed by atoms with Crippen LogP contribution in [0.25, 0.3) is 10.9 Å². The van der Waals surface area contributed by atoms with Crippen molar-refractivity contribution in [2.75, 3.05) is 13.7 Å². The Bertz CT molecular complexity index is 1160. The number of fused-ring (bicyclic) bond motifs is 1. The number of amides is 1. The zero-order chi connectivity index (χ0) is 21.0. The van der Waals surface area contributed by atoms with E-state index in [1.807, 2.05) is 30.3 Å². The summed E-state index contributed by atoms with van der Waals surface area (Å²) in [5, 5.41) is 0.311. The van der Waals surface area contributed by atoms with Crippen LogP contribution in [-0.2, 0) is 22.6 Å². The van der Waals surface area contributed by atoms with Crippen LogP contribution in [-0.4, -0.2) is 40.0 Å². The minimum absolute atomic E-state index is 0.209. The number of rotatable bonds is 6. The van der Waals surface area contributed by atoms with Crippen LogP contribution in [0.1, 0.15) is 22.8 Å². The number of nitrogens with zero attached hydrogens (tertiary/aromatic N) is 2. The van der Waals surface area contributed by atoms with Crippen LogP contribution < -0.4 is 11.2 Å². The van der Waals surface area contributed by atoms with E-state index in [2.05, 4.69) is 4.98 Å². The van der Waals surface area contributed by atoms with Gasteiger partial charge in [0.1, 0.15) is 6.54 Å². The van der Waals surface area contributed by atoms with Gasteiger partial charge < -0.3 is 14.6 Å². The highest BCUT2D eigenvalue weighted by molar-refractivity contribution is 5.98. The van der Waals surface area contributed by atoms with Gasteiger partial charge in [-0.2, -0.15) is 0 Å². The van der Waals surface area contributed by atoms with Crippen molar-refractivity contribution in [1.82, 2.24) is 14.5 Å². The van der Waals surface area contributed by atoms with E-state index < -0.39 is 23.1 Å². The van der Waals surface area contributed by atoms with Gasteiger partial charge in [0.2, 0.25) is 0 Å². The van der Waals surface area contributed by atoms with Gasteiger partial charge in [0, 0.05) is 18.7 Å². The lowest BCUT2D eigenvalue weighted by molar-refractivity contribution is -0.141. The molecule has 0 spiro atoms. The van der Waals surface area contributed by atoms with E-state index in [4.69, 9.17) is 4.74 Å². The molecule has 3 aromatic rings. The average molecular weight is 395 g/mol. The molecule has 29 heavy (non-hydrogen) atoms. The Morgan fingerprint density at radius 1 is 1.10 bits per heavy atom. The molecule has 2 aromatic carbocycles. The molecular formula is C21H21N3O5. The Kier molecular flexibility index (Phi) is 5.92. The zero-order valence-electron chi connectivity index (χ0n) is 16.2. The molecular weight excluding hydrogens is 374 g/mol. The van der Waals surface area contributed by atoms with Gasteiger partial charge in [0.15, 0.2) is 0 Å². The molecule has 0 aliphatic rings. The summed E-state index contributed by atoms with van der Waals surface area (Å²) in [7, 11) is 1.26. The first-order valence-electron chi connectivity index (χ1n) is 9.11. The highest BCUT2D eigenvalue weighted by Gasteiger charge is 2.20. The second-order valence-electron chi connectivity index (χ2n) is 6.46. The van der Waals surface area contributed by atoms with Crippen molar-refractivity contribution in [1.29, 1.82) is 0 Å². The predicted octanol–water partition coefficient (Wildman–Crippen LogP) is 1.53. The van der Waals surface area contributed by atoms with E-state index in [1.54, 1.807) is 6.92 Å². The summed E-state index contributed by atoms with van der Waals surface area (Å²) in [6.07, 6.45) is 0. The third kappa shape index (κ3) is 4.26. The van der Waals surface area contributed by atoms with E-state index in [0.29, 0.717) is 5.39 Å². The molecule has 150 valence electrons. The maximum Gasteiger partial charge on any atom is 0.328 e. The fraction of sp³-hybridized carbons (Fsp3) is 0.238. The number of methoxy groups -OCH3 is 1. The largest absolute Gasteiger partial charge is 0.468 e. The second-order valence-corrected chi connectivity index (χ2v) is 6.46. The fourth-order valence-corrected chi connectivity index (χ4v) is 3.08. The van der Waals surface area contributed by atoms with Gasteiger partial charge in [-0.15, -0.1) is 0 Å². The van der Waals surface area contributed by atoms with Crippen molar-refractivity contribution in [2.45, 2.75) is 20.0 Å². The molecule has 1 heterocycles. The molecule has 3 rings (SSSR count). The van der Waals surface area contributed by atoms with Gasteiger partial charge in [-0.3, -0.25) is 19.0 Å². The molecule has 1 N–H and O–H groups in total. The third-order valence-electron chi connectivity index (χ3n) is 4.60. The first-order chi connectivity index (χ1) is 13.9. The third-order valence-corrected chi connectivity index (χ3v) is 4.60. The van der Waals surface area contributed by atoms with Crippen LogP contribution in [0.4, 0.5) is 0 Å². The molecule has 8 heteroatoms. The summed E-state index contributed by atoms with van der Waals surface area (Å²) in [6.45, 7) is 1.93. The smallest absolute Gasteiger partial charge is 0.328 e. The number of carbonyl (C=O) groups is 2. The lowest BCUT2D eigenvalue weighted by Gasteiger charge is -2.22. The molecule has 0 aliphatic carbocycles. The number of benzene rings is 2. The van der Waals surface area contributed by atoms with Gasteiger partial charge in [0.05, 0.1) is 18.0 Å². The van der Waals surface area contributed by atoms with Crippen molar-refractivity contribution in [3.63, 3.8) is 0 Å². The van der Waals surface area contributed by atoms with E-state index in [9.17, 15) is 19.2 Å². The molecule has 1 aromatic heterocycles. The Morgan fingerprint density at radius 2 is 1.83 bits per heavy atom. The number of H-pyrrole nitrogens is 1. The molecule has 0 saturated heterocycles. The fourth-order valence-electron chi connectivity index (χ4n) is 3.08.